The quantitative estimate of drug-likeness (QED) is 0.704. The van der Waals surface area contributed by atoms with E-state index in [0.29, 0.717) is 5.41 Å². The van der Waals surface area contributed by atoms with Gasteiger partial charge >= 0.3 is 0 Å². The van der Waals surface area contributed by atoms with Crippen LogP contribution in [0.4, 0.5) is 0 Å². The largest absolute Gasteiger partial charge is 0.381 e. The first-order chi connectivity index (χ1) is 8.28. The predicted molar refractivity (Wildman–Crippen MR) is 71.3 cm³/mol. The van der Waals surface area contributed by atoms with Crippen LogP contribution in [0.3, 0.4) is 0 Å². The maximum absolute atomic E-state index is 5.57. The topological polar surface area (TPSA) is 15.7 Å². The third-order valence-electron chi connectivity index (χ3n) is 4.55. The lowest BCUT2D eigenvalue weighted by molar-refractivity contribution is 0.151. The van der Waals surface area contributed by atoms with Crippen LogP contribution < -0.4 is 0 Å². The second-order valence-electron chi connectivity index (χ2n) is 5.71. The zero-order chi connectivity index (χ0) is 12.1. The first-order valence-corrected chi connectivity index (χ1v) is 7.30. The Bertz CT molecular complexity index is 222. The van der Waals surface area contributed by atoms with Crippen molar-refractivity contribution in [3.63, 3.8) is 0 Å². The van der Waals surface area contributed by atoms with Gasteiger partial charge in [0, 0.05) is 18.6 Å². The summed E-state index contributed by atoms with van der Waals surface area (Å²) < 4.78 is 5.57. The summed E-state index contributed by atoms with van der Waals surface area (Å²) in [5, 5.41) is 0. The molecule has 1 atom stereocenters. The summed E-state index contributed by atoms with van der Waals surface area (Å²) in [4.78, 5) is 5.17. The molecule has 0 saturated carbocycles. The summed E-state index contributed by atoms with van der Waals surface area (Å²) in [6.45, 7) is 14.0. The zero-order valence-corrected chi connectivity index (χ0v) is 11.6. The van der Waals surface area contributed by atoms with Gasteiger partial charge < -0.3 is 14.5 Å². The maximum Gasteiger partial charge on any atom is 0.0536 e. The van der Waals surface area contributed by atoms with E-state index in [9.17, 15) is 0 Å². The molecule has 1 spiro atoms. The smallest absolute Gasteiger partial charge is 0.0536 e. The lowest BCUT2D eigenvalue weighted by Gasteiger charge is -2.23. The van der Waals surface area contributed by atoms with Crippen molar-refractivity contribution in [2.24, 2.45) is 5.41 Å². The second-order valence-corrected chi connectivity index (χ2v) is 5.71. The van der Waals surface area contributed by atoms with E-state index in [1.807, 2.05) is 0 Å². The van der Waals surface area contributed by atoms with Gasteiger partial charge in [-0.25, -0.2) is 0 Å². The highest BCUT2D eigenvalue weighted by molar-refractivity contribution is 4.92. The number of rotatable bonds is 6. The van der Waals surface area contributed by atoms with Gasteiger partial charge in [0.05, 0.1) is 6.61 Å². The van der Waals surface area contributed by atoms with Gasteiger partial charge in [-0.3, -0.25) is 0 Å². The summed E-state index contributed by atoms with van der Waals surface area (Å²) >= 11 is 0. The second kappa shape index (κ2) is 6.17. The minimum atomic E-state index is 0.537. The lowest BCUT2D eigenvalue weighted by atomic mass is 9.87. The molecule has 17 heavy (non-hydrogen) atoms. The molecule has 0 aliphatic carbocycles. The van der Waals surface area contributed by atoms with E-state index in [-0.39, 0.29) is 0 Å². The number of nitrogens with zero attached hydrogens (tertiary/aromatic N) is 2. The molecule has 0 bridgehead atoms. The van der Waals surface area contributed by atoms with Gasteiger partial charge in [0.2, 0.25) is 0 Å². The normalized spacial score (nSPS) is 29.8. The molecular weight excluding hydrogens is 212 g/mol. The first kappa shape index (κ1) is 13.3. The van der Waals surface area contributed by atoms with Crippen LogP contribution >= 0.6 is 0 Å². The third-order valence-corrected chi connectivity index (χ3v) is 4.55. The maximum atomic E-state index is 5.57. The average Bonchev–Trinajstić information content (AvgIpc) is 2.96. The molecule has 2 fully saturated rings. The Kier molecular flexibility index (Phi) is 4.83. The minimum absolute atomic E-state index is 0.537. The molecule has 0 radical (unpaired) electrons. The molecule has 2 saturated heterocycles. The molecule has 2 heterocycles. The van der Waals surface area contributed by atoms with Crippen molar-refractivity contribution >= 4 is 0 Å². The van der Waals surface area contributed by atoms with Crippen molar-refractivity contribution in [2.45, 2.75) is 33.1 Å². The number of likely N-dealkylation sites (tertiary alicyclic amines) is 1. The van der Waals surface area contributed by atoms with E-state index in [0.717, 1.165) is 13.2 Å². The van der Waals surface area contributed by atoms with E-state index in [1.54, 1.807) is 0 Å². The Balaban J connectivity index is 1.64. The van der Waals surface area contributed by atoms with Crippen molar-refractivity contribution < 1.29 is 4.74 Å². The van der Waals surface area contributed by atoms with E-state index in [2.05, 4.69) is 23.6 Å². The molecule has 3 heteroatoms. The van der Waals surface area contributed by atoms with Gasteiger partial charge in [-0.1, -0.05) is 13.8 Å². The number of hydrogen-bond acceptors (Lipinski definition) is 3. The molecule has 0 aromatic heterocycles. The fourth-order valence-electron chi connectivity index (χ4n) is 3.25. The van der Waals surface area contributed by atoms with Gasteiger partial charge in [0.1, 0.15) is 0 Å². The Morgan fingerprint density at radius 2 is 2.06 bits per heavy atom. The Labute approximate surface area is 106 Å². The van der Waals surface area contributed by atoms with E-state index in [1.165, 1.54) is 58.5 Å². The molecular formula is C14H28N2O. The standard InChI is InChI=1S/C14H28N2O/c1-3-15(4-2)8-5-9-16-10-6-14(12-16)7-11-17-13-14/h3-13H2,1-2H3. The van der Waals surface area contributed by atoms with Crippen molar-refractivity contribution in [3.05, 3.63) is 0 Å². The van der Waals surface area contributed by atoms with Crippen LogP contribution in [0, 0.1) is 5.41 Å². The fraction of sp³-hybridized carbons (Fsp3) is 1.00. The fourth-order valence-corrected chi connectivity index (χ4v) is 3.25. The van der Waals surface area contributed by atoms with Crippen molar-refractivity contribution in [2.75, 3.05) is 52.5 Å². The lowest BCUT2D eigenvalue weighted by Crippen LogP contribution is -2.31. The Morgan fingerprint density at radius 1 is 1.24 bits per heavy atom. The molecule has 0 N–H and O–H groups in total. The van der Waals surface area contributed by atoms with Gasteiger partial charge in [0.15, 0.2) is 0 Å². The van der Waals surface area contributed by atoms with E-state index in [4.69, 9.17) is 4.74 Å². The van der Waals surface area contributed by atoms with Gasteiger partial charge in [-0.15, -0.1) is 0 Å². The van der Waals surface area contributed by atoms with Gasteiger partial charge in [0.25, 0.3) is 0 Å². The molecule has 0 amide bonds. The van der Waals surface area contributed by atoms with Gasteiger partial charge in [-0.05, 0) is 52.0 Å². The summed E-state index contributed by atoms with van der Waals surface area (Å²) in [6, 6.07) is 0. The molecule has 2 rings (SSSR count). The van der Waals surface area contributed by atoms with Crippen molar-refractivity contribution in [3.8, 4) is 0 Å². The van der Waals surface area contributed by atoms with Crippen molar-refractivity contribution in [1.82, 2.24) is 9.80 Å². The highest BCUT2D eigenvalue weighted by Gasteiger charge is 2.40. The first-order valence-electron chi connectivity index (χ1n) is 7.30. The summed E-state index contributed by atoms with van der Waals surface area (Å²) in [5.74, 6) is 0. The van der Waals surface area contributed by atoms with E-state index < -0.39 is 0 Å². The molecule has 1 unspecified atom stereocenters. The molecule has 100 valence electrons. The third kappa shape index (κ3) is 3.43. The summed E-state index contributed by atoms with van der Waals surface area (Å²) in [6.07, 6.45) is 3.97. The Hall–Kier alpha value is -0.120. The Morgan fingerprint density at radius 3 is 2.71 bits per heavy atom. The molecule has 0 aromatic carbocycles. The van der Waals surface area contributed by atoms with Crippen LogP contribution in [-0.2, 0) is 4.74 Å². The summed E-state index contributed by atoms with van der Waals surface area (Å²) in [7, 11) is 0. The predicted octanol–water partition coefficient (Wildman–Crippen LogP) is 1.83. The van der Waals surface area contributed by atoms with Crippen LogP contribution in [0.15, 0.2) is 0 Å². The molecule has 0 aromatic rings. The van der Waals surface area contributed by atoms with Gasteiger partial charge in [-0.2, -0.15) is 0 Å². The average molecular weight is 240 g/mol. The van der Waals surface area contributed by atoms with Crippen LogP contribution in [0.2, 0.25) is 0 Å². The number of hydrogen-bond donors (Lipinski definition) is 0. The zero-order valence-electron chi connectivity index (χ0n) is 11.6. The van der Waals surface area contributed by atoms with E-state index >= 15 is 0 Å². The highest BCUT2D eigenvalue weighted by Crippen LogP contribution is 2.37. The monoisotopic (exact) mass is 240 g/mol. The van der Waals surface area contributed by atoms with Crippen LogP contribution in [-0.4, -0.2) is 62.3 Å². The van der Waals surface area contributed by atoms with Crippen LogP contribution in [0.25, 0.3) is 0 Å². The van der Waals surface area contributed by atoms with Crippen LogP contribution in [0.5, 0.6) is 0 Å². The highest BCUT2D eigenvalue weighted by atomic mass is 16.5. The molecule has 3 nitrogen and oxygen atoms in total. The summed E-state index contributed by atoms with van der Waals surface area (Å²) in [5.41, 5.74) is 0.537. The molecule has 2 aliphatic rings. The molecule has 2 aliphatic heterocycles. The van der Waals surface area contributed by atoms with Crippen molar-refractivity contribution in [1.29, 1.82) is 0 Å². The SMILES string of the molecule is CCN(CC)CCCN1CCC2(CCOC2)C1. The van der Waals surface area contributed by atoms with Crippen LogP contribution in [0.1, 0.15) is 33.1 Å². The number of ether oxygens (including phenoxy) is 1. The minimum Gasteiger partial charge on any atom is -0.381 e.